The summed E-state index contributed by atoms with van der Waals surface area (Å²) in [6, 6.07) is 17.9. The van der Waals surface area contributed by atoms with Crippen LogP contribution in [0, 0.1) is 5.92 Å². The number of ether oxygens (including phenoxy) is 1. The molecule has 4 rings (SSSR count). The first kappa shape index (κ1) is 21.8. The van der Waals surface area contributed by atoms with Gasteiger partial charge in [-0.15, -0.1) is 0 Å². The summed E-state index contributed by atoms with van der Waals surface area (Å²) in [5.74, 6) is -0.488. The maximum Gasteiger partial charge on any atom is 0.410 e. The van der Waals surface area contributed by atoms with Crippen LogP contribution in [0.1, 0.15) is 37.8 Å². The maximum absolute atomic E-state index is 13.3. The number of benzene rings is 2. The molecular formula is C26H29N3O3. The molecular weight excluding hydrogens is 402 g/mol. The summed E-state index contributed by atoms with van der Waals surface area (Å²) in [7, 11) is 0. The zero-order valence-electron chi connectivity index (χ0n) is 18.7. The van der Waals surface area contributed by atoms with Crippen molar-refractivity contribution in [1.82, 2.24) is 15.2 Å². The molecule has 0 aliphatic carbocycles. The number of rotatable bonds is 4. The third kappa shape index (κ3) is 4.90. The molecule has 2 heterocycles. The van der Waals surface area contributed by atoms with E-state index in [0.29, 0.717) is 19.6 Å². The van der Waals surface area contributed by atoms with Gasteiger partial charge in [0.05, 0.1) is 5.92 Å². The van der Waals surface area contributed by atoms with Gasteiger partial charge in [0.15, 0.2) is 0 Å². The van der Waals surface area contributed by atoms with Gasteiger partial charge >= 0.3 is 6.09 Å². The molecule has 2 amide bonds. The zero-order chi connectivity index (χ0) is 22.7. The molecule has 3 aromatic rings. The SMILES string of the molecule is CC(C)(C)OC(=O)N1C[C@H](C(=O)NCc2cccc3cnccc23)[C@@H](c2ccccc2)C1. The smallest absolute Gasteiger partial charge is 0.410 e. The Hall–Kier alpha value is -3.41. The van der Waals surface area contributed by atoms with Crippen molar-refractivity contribution in [3.63, 3.8) is 0 Å². The Morgan fingerprint density at radius 3 is 2.59 bits per heavy atom. The van der Waals surface area contributed by atoms with Crippen LogP contribution in [0.2, 0.25) is 0 Å². The lowest BCUT2D eigenvalue weighted by Crippen LogP contribution is -2.37. The average molecular weight is 432 g/mol. The number of amides is 2. The standard InChI is InChI=1S/C26H29N3O3/c1-26(2,3)32-25(31)29-16-22(18-8-5-4-6-9-18)23(17-29)24(30)28-15-20-11-7-10-19-14-27-13-12-21(19)20/h4-14,22-23H,15-17H2,1-3H3,(H,28,30)/t22-,23+/m1/s1. The molecule has 0 saturated carbocycles. The van der Waals surface area contributed by atoms with E-state index in [1.165, 1.54) is 0 Å². The van der Waals surface area contributed by atoms with Crippen LogP contribution in [-0.2, 0) is 16.1 Å². The Balaban J connectivity index is 1.52. The van der Waals surface area contributed by atoms with Crippen LogP contribution in [0.3, 0.4) is 0 Å². The second-order valence-corrected chi connectivity index (χ2v) is 9.24. The van der Waals surface area contributed by atoms with Crippen LogP contribution in [0.5, 0.6) is 0 Å². The monoisotopic (exact) mass is 431 g/mol. The fourth-order valence-electron chi connectivity index (χ4n) is 4.24. The van der Waals surface area contributed by atoms with E-state index < -0.39 is 5.60 Å². The molecule has 2 atom stereocenters. The van der Waals surface area contributed by atoms with Crippen LogP contribution in [0.15, 0.2) is 67.0 Å². The minimum atomic E-state index is -0.580. The first-order valence-electron chi connectivity index (χ1n) is 10.9. The van der Waals surface area contributed by atoms with E-state index in [0.717, 1.165) is 21.9 Å². The number of likely N-dealkylation sites (tertiary alicyclic amines) is 1. The number of nitrogens with zero attached hydrogens (tertiary/aromatic N) is 2. The molecule has 32 heavy (non-hydrogen) atoms. The fraction of sp³-hybridized carbons (Fsp3) is 0.346. The summed E-state index contributed by atoms with van der Waals surface area (Å²) in [6.45, 7) is 6.75. The van der Waals surface area contributed by atoms with Crippen molar-refractivity contribution in [1.29, 1.82) is 0 Å². The minimum Gasteiger partial charge on any atom is -0.444 e. The highest BCUT2D eigenvalue weighted by Gasteiger charge is 2.41. The number of carbonyl (C=O) groups excluding carboxylic acids is 2. The normalized spacial score (nSPS) is 18.5. The molecule has 0 unspecified atom stereocenters. The van der Waals surface area contributed by atoms with Crippen LogP contribution < -0.4 is 5.32 Å². The van der Waals surface area contributed by atoms with Crippen molar-refractivity contribution in [3.05, 3.63) is 78.1 Å². The van der Waals surface area contributed by atoms with Gasteiger partial charge in [-0.3, -0.25) is 9.78 Å². The van der Waals surface area contributed by atoms with Crippen molar-refractivity contribution >= 4 is 22.8 Å². The maximum atomic E-state index is 13.3. The summed E-state index contributed by atoms with van der Waals surface area (Å²) in [5, 5.41) is 5.22. The summed E-state index contributed by atoms with van der Waals surface area (Å²) in [4.78, 5) is 31.8. The Labute approximate surface area is 188 Å². The molecule has 6 nitrogen and oxygen atoms in total. The lowest BCUT2D eigenvalue weighted by molar-refractivity contribution is -0.125. The summed E-state index contributed by atoms with van der Waals surface area (Å²) in [6.07, 6.45) is 3.20. The van der Waals surface area contributed by atoms with E-state index in [-0.39, 0.29) is 23.8 Å². The quantitative estimate of drug-likeness (QED) is 0.660. The third-order valence-electron chi connectivity index (χ3n) is 5.76. The number of carbonyl (C=O) groups is 2. The molecule has 2 aromatic carbocycles. The number of nitrogens with one attached hydrogen (secondary N) is 1. The zero-order valence-corrected chi connectivity index (χ0v) is 18.7. The second kappa shape index (κ2) is 8.99. The van der Waals surface area contributed by atoms with E-state index in [1.807, 2.05) is 81.6 Å². The molecule has 1 N–H and O–H groups in total. The highest BCUT2D eigenvalue weighted by molar-refractivity contribution is 5.86. The Morgan fingerprint density at radius 2 is 1.84 bits per heavy atom. The Morgan fingerprint density at radius 1 is 1.06 bits per heavy atom. The van der Waals surface area contributed by atoms with Crippen molar-refractivity contribution in [3.8, 4) is 0 Å². The highest BCUT2D eigenvalue weighted by Crippen LogP contribution is 2.34. The number of hydrogen-bond donors (Lipinski definition) is 1. The lowest BCUT2D eigenvalue weighted by atomic mass is 9.88. The molecule has 6 heteroatoms. The molecule has 1 fully saturated rings. The van der Waals surface area contributed by atoms with E-state index in [4.69, 9.17) is 4.74 Å². The van der Waals surface area contributed by atoms with Gasteiger partial charge < -0.3 is 15.0 Å². The average Bonchev–Trinajstić information content (AvgIpc) is 3.23. The number of pyridine rings is 1. The summed E-state index contributed by atoms with van der Waals surface area (Å²) < 4.78 is 5.56. The van der Waals surface area contributed by atoms with Crippen LogP contribution in [0.25, 0.3) is 10.8 Å². The lowest BCUT2D eigenvalue weighted by Gasteiger charge is -2.24. The second-order valence-electron chi connectivity index (χ2n) is 9.24. The molecule has 1 saturated heterocycles. The van der Waals surface area contributed by atoms with Gasteiger partial charge in [0.1, 0.15) is 5.60 Å². The largest absolute Gasteiger partial charge is 0.444 e. The van der Waals surface area contributed by atoms with E-state index in [1.54, 1.807) is 11.1 Å². The van der Waals surface area contributed by atoms with Crippen LogP contribution in [-0.4, -0.2) is 40.6 Å². The summed E-state index contributed by atoms with van der Waals surface area (Å²) in [5.41, 5.74) is 1.51. The molecule has 0 radical (unpaired) electrons. The molecule has 166 valence electrons. The molecule has 1 aliphatic rings. The van der Waals surface area contributed by atoms with Gasteiger partial charge in [0.25, 0.3) is 0 Å². The first-order valence-corrected chi connectivity index (χ1v) is 10.9. The van der Waals surface area contributed by atoms with Crippen LogP contribution in [0.4, 0.5) is 4.79 Å². The van der Waals surface area contributed by atoms with Gasteiger partial charge in [-0.2, -0.15) is 0 Å². The molecule has 1 aromatic heterocycles. The van der Waals surface area contributed by atoms with Crippen molar-refractivity contribution in [2.45, 2.75) is 38.8 Å². The van der Waals surface area contributed by atoms with E-state index in [9.17, 15) is 9.59 Å². The topological polar surface area (TPSA) is 71.5 Å². The van der Waals surface area contributed by atoms with Gasteiger partial charge in [-0.1, -0.05) is 48.5 Å². The number of aromatic nitrogens is 1. The molecule has 1 aliphatic heterocycles. The van der Waals surface area contributed by atoms with E-state index in [2.05, 4.69) is 10.3 Å². The Kier molecular flexibility index (Phi) is 6.12. The first-order chi connectivity index (χ1) is 15.3. The predicted molar refractivity (Wildman–Crippen MR) is 124 cm³/mol. The van der Waals surface area contributed by atoms with Gasteiger partial charge in [0, 0.05) is 43.3 Å². The van der Waals surface area contributed by atoms with Crippen molar-refractivity contribution in [2.24, 2.45) is 5.92 Å². The van der Waals surface area contributed by atoms with Crippen molar-refractivity contribution < 1.29 is 14.3 Å². The van der Waals surface area contributed by atoms with Crippen LogP contribution >= 0.6 is 0 Å². The third-order valence-corrected chi connectivity index (χ3v) is 5.76. The number of fused-ring (bicyclic) bond motifs is 1. The molecule has 0 spiro atoms. The van der Waals surface area contributed by atoms with Gasteiger partial charge in [-0.25, -0.2) is 4.79 Å². The fourth-order valence-corrected chi connectivity index (χ4v) is 4.24. The summed E-state index contributed by atoms with van der Waals surface area (Å²) >= 11 is 0. The minimum absolute atomic E-state index is 0.0593. The van der Waals surface area contributed by atoms with Gasteiger partial charge in [0.2, 0.25) is 5.91 Å². The number of hydrogen-bond acceptors (Lipinski definition) is 4. The highest BCUT2D eigenvalue weighted by atomic mass is 16.6. The van der Waals surface area contributed by atoms with Crippen molar-refractivity contribution in [2.75, 3.05) is 13.1 Å². The predicted octanol–water partition coefficient (Wildman–Crippen LogP) is 4.50. The molecule has 0 bridgehead atoms. The van der Waals surface area contributed by atoms with Gasteiger partial charge in [-0.05, 0) is 43.4 Å². The Bertz CT molecular complexity index is 1100. The van der Waals surface area contributed by atoms with E-state index >= 15 is 0 Å².